The highest BCUT2D eigenvalue weighted by molar-refractivity contribution is 7.16. The van der Waals surface area contributed by atoms with Crippen LogP contribution in [0.5, 0.6) is 0 Å². The molecule has 1 amide bonds. The topological polar surface area (TPSA) is 45.2 Å². The van der Waals surface area contributed by atoms with Crippen molar-refractivity contribution < 1.29 is 9.18 Å². The zero-order valence-electron chi connectivity index (χ0n) is 12.7. The number of hydrogen-bond donors (Lipinski definition) is 1. The predicted octanol–water partition coefficient (Wildman–Crippen LogP) is 2.77. The van der Waals surface area contributed by atoms with Crippen molar-refractivity contribution in [3.05, 3.63) is 41.3 Å². The predicted molar refractivity (Wildman–Crippen MR) is 87.9 cm³/mol. The second-order valence-electron chi connectivity index (χ2n) is 6.25. The van der Waals surface area contributed by atoms with Crippen LogP contribution < -0.4 is 5.32 Å². The van der Waals surface area contributed by atoms with Crippen LogP contribution in [-0.4, -0.2) is 41.5 Å². The van der Waals surface area contributed by atoms with Gasteiger partial charge in [-0.15, -0.1) is 11.3 Å². The SMILES string of the molecule is O=C(N[C@H]1CN2CCC1CC2)c1ncc(-c2ccc(F)cc2)s1. The number of fused-ring (bicyclic) bond motifs is 3. The number of carbonyl (C=O) groups is 1. The Labute approximate surface area is 138 Å². The zero-order chi connectivity index (χ0) is 15.8. The molecule has 3 saturated heterocycles. The van der Waals surface area contributed by atoms with Crippen molar-refractivity contribution in [3.63, 3.8) is 0 Å². The molecule has 1 N–H and O–H groups in total. The van der Waals surface area contributed by atoms with Gasteiger partial charge in [-0.05, 0) is 49.5 Å². The van der Waals surface area contributed by atoms with E-state index in [2.05, 4.69) is 15.2 Å². The lowest BCUT2D eigenvalue weighted by molar-refractivity contribution is 0.0620. The van der Waals surface area contributed by atoms with Crippen molar-refractivity contribution >= 4 is 17.2 Å². The minimum Gasteiger partial charge on any atom is -0.346 e. The Bertz CT molecular complexity index is 707. The van der Waals surface area contributed by atoms with Crippen molar-refractivity contribution in [1.82, 2.24) is 15.2 Å². The van der Waals surface area contributed by atoms with Crippen LogP contribution >= 0.6 is 11.3 Å². The molecule has 3 aliphatic rings. The van der Waals surface area contributed by atoms with Crippen LogP contribution in [-0.2, 0) is 0 Å². The number of rotatable bonds is 3. The van der Waals surface area contributed by atoms with Gasteiger partial charge in [0.1, 0.15) is 5.82 Å². The molecular formula is C17H18FN3OS. The monoisotopic (exact) mass is 331 g/mol. The van der Waals surface area contributed by atoms with E-state index in [1.807, 2.05) is 0 Å². The quantitative estimate of drug-likeness (QED) is 0.941. The minimum atomic E-state index is -0.265. The Balaban J connectivity index is 1.46. The molecule has 23 heavy (non-hydrogen) atoms. The first kappa shape index (κ1) is 14.8. The molecule has 2 bridgehead atoms. The van der Waals surface area contributed by atoms with Crippen LogP contribution in [0.3, 0.4) is 0 Å². The number of carbonyl (C=O) groups excluding carboxylic acids is 1. The van der Waals surface area contributed by atoms with E-state index in [4.69, 9.17) is 0 Å². The van der Waals surface area contributed by atoms with Gasteiger partial charge in [-0.3, -0.25) is 4.79 Å². The third-order valence-electron chi connectivity index (χ3n) is 4.80. The highest BCUT2D eigenvalue weighted by Gasteiger charge is 2.35. The molecule has 1 aromatic carbocycles. The molecule has 5 rings (SSSR count). The number of benzene rings is 1. The number of amides is 1. The summed E-state index contributed by atoms with van der Waals surface area (Å²) in [4.78, 5) is 20.0. The molecule has 1 atom stereocenters. The van der Waals surface area contributed by atoms with Crippen molar-refractivity contribution in [2.24, 2.45) is 5.92 Å². The van der Waals surface area contributed by atoms with Gasteiger partial charge >= 0.3 is 0 Å². The molecule has 0 aliphatic carbocycles. The van der Waals surface area contributed by atoms with E-state index in [1.54, 1.807) is 18.3 Å². The van der Waals surface area contributed by atoms with Crippen LogP contribution in [0.2, 0.25) is 0 Å². The summed E-state index contributed by atoms with van der Waals surface area (Å²) in [7, 11) is 0. The summed E-state index contributed by atoms with van der Waals surface area (Å²) in [5.74, 6) is 0.237. The van der Waals surface area contributed by atoms with Crippen molar-refractivity contribution in [2.75, 3.05) is 19.6 Å². The van der Waals surface area contributed by atoms with Crippen molar-refractivity contribution in [3.8, 4) is 10.4 Å². The maximum absolute atomic E-state index is 13.0. The molecule has 0 radical (unpaired) electrons. The van der Waals surface area contributed by atoms with Crippen LogP contribution in [0.1, 0.15) is 22.6 Å². The number of hydrogen-bond acceptors (Lipinski definition) is 4. The fourth-order valence-electron chi connectivity index (χ4n) is 3.49. The largest absolute Gasteiger partial charge is 0.346 e. The van der Waals surface area contributed by atoms with Gasteiger partial charge < -0.3 is 10.2 Å². The molecule has 3 fully saturated rings. The molecule has 6 heteroatoms. The zero-order valence-corrected chi connectivity index (χ0v) is 13.5. The molecular weight excluding hydrogens is 313 g/mol. The second-order valence-corrected chi connectivity index (χ2v) is 7.29. The molecule has 1 aromatic heterocycles. The highest BCUT2D eigenvalue weighted by Crippen LogP contribution is 2.29. The highest BCUT2D eigenvalue weighted by atomic mass is 32.1. The van der Waals surface area contributed by atoms with E-state index in [0.29, 0.717) is 10.9 Å². The van der Waals surface area contributed by atoms with Gasteiger partial charge in [0.25, 0.3) is 5.91 Å². The normalized spacial score (nSPS) is 26.2. The maximum Gasteiger partial charge on any atom is 0.280 e. The molecule has 120 valence electrons. The van der Waals surface area contributed by atoms with Crippen molar-refractivity contribution in [1.29, 1.82) is 0 Å². The van der Waals surface area contributed by atoms with E-state index < -0.39 is 0 Å². The van der Waals surface area contributed by atoms with E-state index >= 15 is 0 Å². The van der Waals surface area contributed by atoms with Gasteiger partial charge in [-0.25, -0.2) is 9.37 Å². The van der Waals surface area contributed by atoms with Gasteiger partial charge in [0.2, 0.25) is 0 Å². The third-order valence-corrected chi connectivity index (χ3v) is 5.85. The number of thiazole rings is 1. The lowest BCUT2D eigenvalue weighted by Crippen LogP contribution is -2.57. The first-order chi connectivity index (χ1) is 11.2. The number of nitrogens with zero attached hydrogens (tertiary/aromatic N) is 2. The summed E-state index contributed by atoms with van der Waals surface area (Å²) in [5.41, 5.74) is 0.880. The number of aromatic nitrogens is 1. The van der Waals surface area contributed by atoms with Crippen LogP contribution in [0.25, 0.3) is 10.4 Å². The van der Waals surface area contributed by atoms with Gasteiger partial charge in [0.15, 0.2) is 5.01 Å². The Hall–Kier alpha value is -1.79. The molecule has 0 unspecified atom stereocenters. The standard InChI is InChI=1S/C17H18FN3OS/c18-13-3-1-12(2-4-13)15-9-19-17(23-15)16(22)20-14-10-21-7-5-11(14)6-8-21/h1-4,9,11,14H,5-8,10H2,(H,20,22)/t14-/m0/s1. The third kappa shape index (κ3) is 3.01. The molecule has 2 aromatic rings. The summed E-state index contributed by atoms with van der Waals surface area (Å²) in [6.07, 6.45) is 4.02. The van der Waals surface area contributed by atoms with Crippen LogP contribution in [0.4, 0.5) is 4.39 Å². The van der Waals surface area contributed by atoms with Gasteiger partial charge in [-0.1, -0.05) is 12.1 Å². The summed E-state index contributed by atoms with van der Waals surface area (Å²) in [5, 5.41) is 3.62. The van der Waals surface area contributed by atoms with E-state index in [1.165, 1.54) is 36.3 Å². The first-order valence-electron chi connectivity index (χ1n) is 7.94. The maximum atomic E-state index is 13.0. The number of nitrogens with one attached hydrogen (secondary N) is 1. The Morgan fingerprint density at radius 3 is 2.65 bits per heavy atom. The fourth-order valence-corrected chi connectivity index (χ4v) is 4.31. The summed E-state index contributed by atoms with van der Waals surface area (Å²) < 4.78 is 13.0. The summed E-state index contributed by atoms with van der Waals surface area (Å²) in [6, 6.07) is 6.49. The van der Waals surface area contributed by atoms with Gasteiger partial charge in [0.05, 0.1) is 4.88 Å². The smallest absolute Gasteiger partial charge is 0.280 e. The van der Waals surface area contributed by atoms with E-state index in [9.17, 15) is 9.18 Å². The van der Waals surface area contributed by atoms with Crippen LogP contribution in [0.15, 0.2) is 30.5 Å². The average molecular weight is 331 g/mol. The number of halogens is 1. The Morgan fingerprint density at radius 2 is 2.00 bits per heavy atom. The average Bonchev–Trinajstić information content (AvgIpc) is 3.07. The first-order valence-corrected chi connectivity index (χ1v) is 8.76. The fraction of sp³-hybridized carbons (Fsp3) is 0.412. The lowest BCUT2D eigenvalue weighted by atomic mass is 9.84. The Morgan fingerprint density at radius 1 is 1.26 bits per heavy atom. The molecule has 0 saturated carbocycles. The summed E-state index contributed by atoms with van der Waals surface area (Å²) >= 11 is 1.35. The lowest BCUT2D eigenvalue weighted by Gasteiger charge is -2.44. The summed E-state index contributed by atoms with van der Waals surface area (Å²) in [6.45, 7) is 3.26. The van der Waals surface area contributed by atoms with Crippen molar-refractivity contribution in [2.45, 2.75) is 18.9 Å². The van der Waals surface area contributed by atoms with Crippen LogP contribution in [0, 0.1) is 11.7 Å². The number of piperidine rings is 3. The Kier molecular flexibility index (Phi) is 3.87. The molecule has 3 aliphatic heterocycles. The van der Waals surface area contributed by atoms with Gasteiger partial charge in [-0.2, -0.15) is 0 Å². The molecule has 4 nitrogen and oxygen atoms in total. The molecule has 4 heterocycles. The van der Waals surface area contributed by atoms with E-state index in [-0.39, 0.29) is 17.8 Å². The molecule has 0 spiro atoms. The van der Waals surface area contributed by atoms with E-state index in [0.717, 1.165) is 30.1 Å². The second kappa shape index (κ2) is 6.02. The minimum absolute atomic E-state index is 0.0953. The van der Waals surface area contributed by atoms with Gasteiger partial charge in [0, 0.05) is 18.8 Å².